The molecule has 3 heteroatoms. The van der Waals surface area contributed by atoms with Gasteiger partial charge in [0.05, 0.1) is 5.69 Å². The average Bonchev–Trinajstić information content (AvgIpc) is 2.56. The van der Waals surface area contributed by atoms with Crippen LogP contribution < -0.4 is 10.5 Å². The standard InChI is InChI=1S/C18H16N2O/c19-13-15-9-6-12-18(20-15)21-17-11-5-4-10-16(17)14-7-2-1-3-8-14/h1-12H,13,19H2. The number of rotatable bonds is 4. The Morgan fingerprint density at radius 2 is 1.57 bits per heavy atom. The monoisotopic (exact) mass is 276 g/mol. The van der Waals surface area contributed by atoms with Crippen LogP contribution in [0.1, 0.15) is 5.69 Å². The molecule has 0 amide bonds. The number of nitrogens with two attached hydrogens (primary N) is 1. The van der Waals surface area contributed by atoms with E-state index in [1.54, 1.807) is 0 Å². The summed E-state index contributed by atoms with van der Waals surface area (Å²) in [5.41, 5.74) is 8.58. The Kier molecular flexibility index (Phi) is 3.94. The van der Waals surface area contributed by atoms with Crippen molar-refractivity contribution < 1.29 is 4.74 Å². The van der Waals surface area contributed by atoms with Gasteiger partial charge in [-0.05, 0) is 17.7 Å². The van der Waals surface area contributed by atoms with Gasteiger partial charge in [0.15, 0.2) is 0 Å². The highest BCUT2D eigenvalue weighted by molar-refractivity contribution is 5.70. The van der Waals surface area contributed by atoms with Crippen LogP contribution in [0, 0.1) is 0 Å². The van der Waals surface area contributed by atoms with Crippen LogP contribution in [0.4, 0.5) is 0 Å². The van der Waals surface area contributed by atoms with E-state index in [1.807, 2.05) is 60.7 Å². The molecule has 3 nitrogen and oxygen atoms in total. The Hall–Kier alpha value is -2.65. The largest absolute Gasteiger partial charge is 0.438 e. The molecule has 21 heavy (non-hydrogen) atoms. The molecule has 0 unspecified atom stereocenters. The number of ether oxygens (including phenoxy) is 1. The van der Waals surface area contributed by atoms with E-state index in [1.165, 1.54) is 0 Å². The fourth-order valence-electron chi connectivity index (χ4n) is 2.15. The molecular weight excluding hydrogens is 260 g/mol. The first-order chi connectivity index (χ1) is 10.4. The molecular formula is C18H16N2O. The van der Waals surface area contributed by atoms with Gasteiger partial charge in [-0.3, -0.25) is 0 Å². The molecule has 0 bridgehead atoms. The molecule has 1 aromatic heterocycles. The second-order valence-electron chi connectivity index (χ2n) is 4.64. The van der Waals surface area contributed by atoms with Crippen LogP contribution in [0.3, 0.4) is 0 Å². The lowest BCUT2D eigenvalue weighted by molar-refractivity contribution is 0.462. The summed E-state index contributed by atoms with van der Waals surface area (Å²) in [4.78, 5) is 4.37. The summed E-state index contributed by atoms with van der Waals surface area (Å²) in [6, 6.07) is 23.7. The first kappa shape index (κ1) is 13.3. The van der Waals surface area contributed by atoms with Crippen LogP contribution in [0.25, 0.3) is 11.1 Å². The van der Waals surface area contributed by atoms with Crippen molar-refractivity contribution in [1.29, 1.82) is 0 Å². The third-order valence-electron chi connectivity index (χ3n) is 3.18. The zero-order valence-electron chi connectivity index (χ0n) is 11.6. The smallest absolute Gasteiger partial charge is 0.219 e. The van der Waals surface area contributed by atoms with Gasteiger partial charge >= 0.3 is 0 Å². The lowest BCUT2D eigenvalue weighted by Gasteiger charge is -2.11. The van der Waals surface area contributed by atoms with Crippen LogP contribution in [0.15, 0.2) is 72.8 Å². The molecule has 0 saturated carbocycles. The van der Waals surface area contributed by atoms with Crippen molar-refractivity contribution in [2.75, 3.05) is 0 Å². The van der Waals surface area contributed by atoms with E-state index in [0.717, 1.165) is 22.6 Å². The van der Waals surface area contributed by atoms with E-state index in [0.29, 0.717) is 12.4 Å². The zero-order chi connectivity index (χ0) is 14.5. The lowest BCUT2D eigenvalue weighted by atomic mass is 10.1. The van der Waals surface area contributed by atoms with Crippen molar-refractivity contribution in [2.45, 2.75) is 6.54 Å². The Balaban J connectivity index is 1.96. The minimum atomic E-state index is 0.400. The molecule has 0 aliphatic heterocycles. The number of benzene rings is 2. The van der Waals surface area contributed by atoms with Gasteiger partial charge in [0, 0.05) is 18.2 Å². The highest BCUT2D eigenvalue weighted by atomic mass is 16.5. The van der Waals surface area contributed by atoms with Crippen molar-refractivity contribution in [3.05, 3.63) is 78.5 Å². The molecule has 0 aliphatic carbocycles. The summed E-state index contributed by atoms with van der Waals surface area (Å²) in [6.45, 7) is 0.400. The van der Waals surface area contributed by atoms with E-state index in [2.05, 4.69) is 17.1 Å². The lowest BCUT2D eigenvalue weighted by Crippen LogP contribution is -2.00. The first-order valence-electron chi connectivity index (χ1n) is 6.85. The van der Waals surface area contributed by atoms with Crippen LogP contribution in [0.2, 0.25) is 0 Å². The number of pyridine rings is 1. The minimum absolute atomic E-state index is 0.400. The molecule has 0 atom stereocenters. The number of nitrogens with zero attached hydrogens (tertiary/aromatic N) is 1. The highest BCUT2D eigenvalue weighted by Gasteiger charge is 2.07. The van der Waals surface area contributed by atoms with E-state index >= 15 is 0 Å². The average molecular weight is 276 g/mol. The summed E-state index contributed by atoms with van der Waals surface area (Å²) in [6.07, 6.45) is 0. The maximum atomic E-state index is 5.94. The van der Waals surface area contributed by atoms with Crippen molar-refractivity contribution in [3.8, 4) is 22.8 Å². The minimum Gasteiger partial charge on any atom is -0.438 e. The summed E-state index contributed by atoms with van der Waals surface area (Å²) >= 11 is 0. The van der Waals surface area contributed by atoms with E-state index < -0.39 is 0 Å². The fraction of sp³-hybridized carbons (Fsp3) is 0.0556. The van der Waals surface area contributed by atoms with E-state index in [-0.39, 0.29) is 0 Å². The van der Waals surface area contributed by atoms with Gasteiger partial charge in [-0.15, -0.1) is 0 Å². The van der Waals surface area contributed by atoms with Gasteiger partial charge in [0.1, 0.15) is 5.75 Å². The Morgan fingerprint density at radius 3 is 2.38 bits per heavy atom. The second kappa shape index (κ2) is 6.20. The maximum absolute atomic E-state index is 5.94. The predicted octanol–water partition coefficient (Wildman–Crippen LogP) is 4.00. The Bertz CT molecular complexity index is 726. The number of hydrogen-bond donors (Lipinski definition) is 1. The summed E-state index contributed by atoms with van der Waals surface area (Å²) in [5, 5.41) is 0. The molecule has 104 valence electrons. The van der Waals surface area contributed by atoms with Gasteiger partial charge in [-0.25, -0.2) is 4.98 Å². The van der Waals surface area contributed by atoms with Crippen molar-refractivity contribution in [3.63, 3.8) is 0 Å². The molecule has 1 heterocycles. The van der Waals surface area contributed by atoms with Crippen LogP contribution in [-0.2, 0) is 6.54 Å². The number of aromatic nitrogens is 1. The molecule has 0 saturated heterocycles. The number of para-hydroxylation sites is 1. The Morgan fingerprint density at radius 1 is 0.810 bits per heavy atom. The first-order valence-corrected chi connectivity index (χ1v) is 6.85. The quantitative estimate of drug-likeness (QED) is 0.783. The molecule has 0 radical (unpaired) electrons. The van der Waals surface area contributed by atoms with Gasteiger partial charge in [0.25, 0.3) is 0 Å². The summed E-state index contributed by atoms with van der Waals surface area (Å²) in [7, 11) is 0. The number of hydrogen-bond acceptors (Lipinski definition) is 3. The van der Waals surface area contributed by atoms with Crippen molar-refractivity contribution in [1.82, 2.24) is 4.98 Å². The van der Waals surface area contributed by atoms with Gasteiger partial charge in [0.2, 0.25) is 5.88 Å². The Labute approximate surface area is 124 Å². The van der Waals surface area contributed by atoms with Gasteiger partial charge in [-0.1, -0.05) is 54.6 Å². The van der Waals surface area contributed by atoms with Crippen LogP contribution in [0.5, 0.6) is 11.6 Å². The molecule has 0 aliphatic rings. The third kappa shape index (κ3) is 3.09. The molecule has 3 aromatic rings. The van der Waals surface area contributed by atoms with Crippen LogP contribution in [-0.4, -0.2) is 4.98 Å². The maximum Gasteiger partial charge on any atom is 0.219 e. The topological polar surface area (TPSA) is 48.1 Å². The van der Waals surface area contributed by atoms with E-state index in [9.17, 15) is 0 Å². The molecule has 3 rings (SSSR count). The molecule has 2 N–H and O–H groups in total. The van der Waals surface area contributed by atoms with Crippen LogP contribution >= 0.6 is 0 Å². The zero-order valence-corrected chi connectivity index (χ0v) is 11.6. The van der Waals surface area contributed by atoms with Gasteiger partial charge in [-0.2, -0.15) is 0 Å². The molecule has 0 fully saturated rings. The second-order valence-corrected chi connectivity index (χ2v) is 4.64. The molecule has 0 spiro atoms. The summed E-state index contributed by atoms with van der Waals surface area (Å²) in [5.74, 6) is 1.34. The SMILES string of the molecule is NCc1cccc(Oc2ccccc2-c2ccccc2)n1. The van der Waals surface area contributed by atoms with Crippen molar-refractivity contribution >= 4 is 0 Å². The van der Waals surface area contributed by atoms with Crippen molar-refractivity contribution in [2.24, 2.45) is 5.73 Å². The van der Waals surface area contributed by atoms with E-state index in [4.69, 9.17) is 10.5 Å². The fourth-order valence-corrected chi connectivity index (χ4v) is 2.15. The highest BCUT2D eigenvalue weighted by Crippen LogP contribution is 2.32. The van der Waals surface area contributed by atoms with Gasteiger partial charge < -0.3 is 10.5 Å². The predicted molar refractivity (Wildman–Crippen MR) is 84.1 cm³/mol. The third-order valence-corrected chi connectivity index (χ3v) is 3.18. The normalized spacial score (nSPS) is 10.3. The summed E-state index contributed by atoms with van der Waals surface area (Å²) < 4.78 is 5.94. The molecule has 2 aromatic carbocycles.